The second-order valence-corrected chi connectivity index (χ2v) is 10.6. The molecule has 1 N–H and O–H groups in total. The molecule has 0 unspecified atom stereocenters. The third-order valence-corrected chi connectivity index (χ3v) is 7.90. The number of carbonyl (C=O) groups excluding carboxylic acids is 1. The van der Waals surface area contributed by atoms with Gasteiger partial charge in [-0.1, -0.05) is 54.1 Å². The predicted molar refractivity (Wildman–Crippen MR) is 152 cm³/mol. The molecule has 1 aromatic heterocycles. The number of piperazine rings is 1. The molecule has 2 aromatic carbocycles. The second kappa shape index (κ2) is 12.5. The van der Waals surface area contributed by atoms with Crippen LogP contribution in [0.15, 0.2) is 66.9 Å². The van der Waals surface area contributed by atoms with Gasteiger partial charge in [0.05, 0.1) is 15.5 Å². The maximum Gasteiger partial charge on any atom is 0.269 e. The minimum atomic E-state index is -0.450. The number of likely N-dealkylation sites (tertiary alicyclic amines) is 1. The number of benzene rings is 2. The standard InChI is InChI=1S/C29H33ClN6O3/c30-27-18-24(29(37)32-19-22-6-8-26(9-7-22)36(38)39)20-31-28(27)35-16-14-34(15-17-35)25-10-12-33(13-11-25)21-23-4-2-1-3-5-23/h1-9,18,20,25H,10-17,19,21H2,(H,32,37). The summed E-state index contributed by atoms with van der Waals surface area (Å²) in [6.07, 6.45) is 3.94. The van der Waals surface area contributed by atoms with E-state index in [1.807, 2.05) is 0 Å². The van der Waals surface area contributed by atoms with Gasteiger partial charge in [0.15, 0.2) is 0 Å². The number of nitro benzene ring substituents is 1. The van der Waals surface area contributed by atoms with Gasteiger partial charge in [0.25, 0.3) is 11.6 Å². The molecule has 2 fully saturated rings. The number of amides is 1. The molecule has 2 aliphatic rings. The number of aromatic nitrogens is 1. The summed E-state index contributed by atoms with van der Waals surface area (Å²) >= 11 is 6.57. The number of anilines is 1. The lowest BCUT2D eigenvalue weighted by Gasteiger charge is -2.43. The van der Waals surface area contributed by atoms with Crippen LogP contribution in [0.25, 0.3) is 0 Å². The summed E-state index contributed by atoms with van der Waals surface area (Å²) in [6.45, 7) is 7.17. The summed E-state index contributed by atoms with van der Waals surface area (Å²) in [5.41, 5.74) is 2.54. The molecule has 5 rings (SSSR count). The highest BCUT2D eigenvalue weighted by molar-refractivity contribution is 6.33. The Hall–Kier alpha value is -3.53. The maximum absolute atomic E-state index is 12.6. The van der Waals surface area contributed by atoms with E-state index in [9.17, 15) is 14.9 Å². The fraction of sp³-hybridized carbons (Fsp3) is 0.379. The highest BCUT2D eigenvalue weighted by Crippen LogP contribution is 2.27. The smallest absolute Gasteiger partial charge is 0.269 e. The first-order valence-corrected chi connectivity index (χ1v) is 13.8. The van der Waals surface area contributed by atoms with Crippen LogP contribution in [-0.2, 0) is 13.1 Å². The van der Waals surface area contributed by atoms with Crippen LogP contribution >= 0.6 is 11.6 Å². The van der Waals surface area contributed by atoms with Crippen molar-refractivity contribution in [3.63, 3.8) is 0 Å². The van der Waals surface area contributed by atoms with Crippen molar-refractivity contribution >= 4 is 29.0 Å². The molecule has 0 aliphatic carbocycles. The highest BCUT2D eigenvalue weighted by Gasteiger charge is 2.28. The first-order chi connectivity index (χ1) is 19.0. The minimum Gasteiger partial charge on any atom is -0.353 e. The second-order valence-electron chi connectivity index (χ2n) is 10.2. The number of nitrogens with one attached hydrogen (secondary N) is 1. The third kappa shape index (κ3) is 6.92. The van der Waals surface area contributed by atoms with Gasteiger partial charge in [-0.3, -0.25) is 24.7 Å². The molecule has 2 aliphatic heterocycles. The van der Waals surface area contributed by atoms with Crippen LogP contribution < -0.4 is 10.2 Å². The summed E-state index contributed by atoms with van der Waals surface area (Å²) in [5, 5.41) is 14.1. The molecule has 2 saturated heterocycles. The van der Waals surface area contributed by atoms with Crippen molar-refractivity contribution in [2.75, 3.05) is 44.2 Å². The summed E-state index contributed by atoms with van der Waals surface area (Å²) < 4.78 is 0. The van der Waals surface area contributed by atoms with Crippen LogP contribution in [0.4, 0.5) is 11.5 Å². The number of halogens is 1. The zero-order valence-electron chi connectivity index (χ0n) is 21.8. The van der Waals surface area contributed by atoms with Crippen LogP contribution in [0.5, 0.6) is 0 Å². The minimum absolute atomic E-state index is 0.0155. The zero-order valence-corrected chi connectivity index (χ0v) is 22.6. The Bertz CT molecular complexity index is 1270. The molecule has 0 radical (unpaired) electrons. The monoisotopic (exact) mass is 548 g/mol. The zero-order chi connectivity index (χ0) is 27.2. The van der Waals surface area contributed by atoms with Crippen LogP contribution in [-0.4, -0.2) is 70.9 Å². The van der Waals surface area contributed by atoms with E-state index in [0.29, 0.717) is 22.4 Å². The first kappa shape index (κ1) is 27.1. The van der Waals surface area contributed by atoms with Crippen molar-refractivity contribution in [3.05, 3.63) is 98.7 Å². The number of rotatable bonds is 8. The van der Waals surface area contributed by atoms with Crippen molar-refractivity contribution in [2.24, 2.45) is 0 Å². The molecule has 204 valence electrons. The van der Waals surface area contributed by atoms with Gasteiger partial charge in [-0.05, 0) is 43.1 Å². The SMILES string of the molecule is O=C(NCc1ccc([N+](=O)[O-])cc1)c1cnc(N2CCN(C3CCN(Cc4ccccc4)CC3)CC2)c(Cl)c1. The molecular formula is C29H33ClN6O3. The molecule has 0 spiro atoms. The predicted octanol–water partition coefficient (Wildman–Crippen LogP) is 4.36. The number of hydrogen-bond donors (Lipinski definition) is 1. The Morgan fingerprint density at radius 1 is 0.974 bits per heavy atom. The summed E-state index contributed by atoms with van der Waals surface area (Å²) in [6, 6.07) is 19.0. The number of hydrogen-bond acceptors (Lipinski definition) is 7. The third-order valence-electron chi connectivity index (χ3n) is 7.62. The average Bonchev–Trinajstić information content (AvgIpc) is 2.97. The van der Waals surface area contributed by atoms with Crippen LogP contribution in [0, 0.1) is 10.1 Å². The molecular weight excluding hydrogens is 516 g/mol. The lowest BCUT2D eigenvalue weighted by Crippen LogP contribution is -2.53. The molecule has 0 bridgehead atoms. The molecule has 1 amide bonds. The Morgan fingerprint density at radius 2 is 1.67 bits per heavy atom. The van der Waals surface area contributed by atoms with Gasteiger partial charge < -0.3 is 10.2 Å². The lowest BCUT2D eigenvalue weighted by molar-refractivity contribution is -0.384. The van der Waals surface area contributed by atoms with E-state index in [1.54, 1.807) is 24.4 Å². The van der Waals surface area contributed by atoms with Gasteiger partial charge >= 0.3 is 0 Å². The van der Waals surface area contributed by atoms with E-state index in [-0.39, 0.29) is 18.1 Å². The van der Waals surface area contributed by atoms with Gasteiger partial charge in [-0.15, -0.1) is 0 Å². The summed E-state index contributed by atoms with van der Waals surface area (Å²) in [4.78, 5) is 34.9. The fourth-order valence-electron chi connectivity index (χ4n) is 5.39. The number of non-ortho nitro benzene ring substituents is 1. The number of piperidine rings is 1. The largest absolute Gasteiger partial charge is 0.353 e. The van der Waals surface area contributed by atoms with E-state index < -0.39 is 4.92 Å². The van der Waals surface area contributed by atoms with Gasteiger partial charge in [0.1, 0.15) is 5.82 Å². The van der Waals surface area contributed by atoms with E-state index in [4.69, 9.17) is 11.6 Å². The topological polar surface area (TPSA) is 94.8 Å². The normalized spacial score (nSPS) is 17.2. The summed E-state index contributed by atoms with van der Waals surface area (Å²) in [5.74, 6) is 0.415. The lowest BCUT2D eigenvalue weighted by atomic mass is 10.0. The Labute approximate surface area is 233 Å². The number of pyridine rings is 1. The first-order valence-electron chi connectivity index (χ1n) is 13.4. The number of nitro groups is 1. The molecule has 39 heavy (non-hydrogen) atoms. The molecule has 3 aromatic rings. The van der Waals surface area contributed by atoms with Gasteiger partial charge in [-0.25, -0.2) is 4.98 Å². The van der Waals surface area contributed by atoms with E-state index in [0.717, 1.165) is 51.4 Å². The van der Waals surface area contributed by atoms with Crippen molar-refractivity contribution < 1.29 is 9.72 Å². The Balaban J connectivity index is 1.08. The van der Waals surface area contributed by atoms with Crippen molar-refractivity contribution in [2.45, 2.75) is 32.0 Å². The number of carbonyl (C=O) groups is 1. The van der Waals surface area contributed by atoms with Gasteiger partial charge in [0, 0.05) is 63.6 Å². The summed E-state index contributed by atoms with van der Waals surface area (Å²) in [7, 11) is 0. The van der Waals surface area contributed by atoms with E-state index in [2.05, 4.69) is 55.3 Å². The Morgan fingerprint density at radius 3 is 2.31 bits per heavy atom. The van der Waals surface area contributed by atoms with Crippen LogP contribution in [0.2, 0.25) is 5.02 Å². The quantitative estimate of drug-likeness (QED) is 0.330. The Kier molecular flexibility index (Phi) is 8.71. The average molecular weight is 549 g/mol. The highest BCUT2D eigenvalue weighted by atomic mass is 35.5. The van der Waals surface area contributed by atoms with Crippen LogP contribution in [0.3, 0.4) is 0 Å². The molecule has 0 atom stereocenters. The van der Waals surface area contributed by atoms with Crippen molar-refractivity contribution in [3.8, 4) is 0 Å². The van der Waals surface area contributed by atoms with Crippen LogP contribution in [0.1, 0.15) is 34.3 Å². The molecule has 0 saturated carbocycles. The van der Waals surface area contributed by atoms with Gasteiger partial charge in [0.2, 0.25) is 0 Å². The van der Waals surface area contributed by atoms with Crippen molar-refractivity contribution in [1.29, 1.82) is 0 Å². The fourth-order valence-corrected chi connectivity index (χ4v) is 5.68. The number of nitrogens with zero attached hydrogens (tertiary/aromatic N) is 5. The van der Waals surface area contributed by atoms with Crippen molar-refractivity contribution in [1.82, 2.24) is 20.1 Å². The van der Waals surface area contributed by atoms with Gasteiger partial charge in [-0.2, -0.15) is 0 Å². The van der Waals surface area contributed by atoms with E-state index >= 15 is 0 Å². The molecule has 10 heteroatoms. The maximum atomic E-state index is 12.6. The molecule has 9 nitrogen and oxygen atoms in total. The molecule has 3 heterocycles. The van der Waals surface area contributed by atoms with E-state index in [1.165, 1.54) is 30.5 Å².